The number of pyridine rings is 1. The van der Waals surface area contributed by atoms with Crippen LogP contribution in [0.2, 0.25) is 5.02 Å². The van der Waals surface area contributed by atoms with Crippen molar-refractivity contribution in [3.05, 3.63) is 111 Å². The van der Waals surface area contributed by atoms with Gasteiger partial charge in [0.1, 0.15) is 0 Å². The van der Waals surface area contributed by atoms with Crippen molar-refractivity contribution < 1.29 is 4.79 Å². The van der Waals surface area contributed by atoms with Gasteiger partial charge in [-0.2, -0.15) is 0 Å². The van der Waals surface area contributed by atoms with Crippen molar-refractivity contribution in [1.29, 1.82) is 0 Å². The van der Waals surface area contributed by atoms with Crippen molar-refractivity contribution in [2.24, 2.45) is 0 Å². The van der Waals surface area contributed by atoms with Gasteiger partial charge in [-0.05, 0) is 59.2 Å². The molecule has 166 valence electrons. The molecule has 1 aromatic heterocycles. The molecule has 0 aliphatic carbocycles. The topological polar surface area (TPSA) is 33.2 Å². The van der Waals surface area contributed by atoms with Crippen molar-refractivity contribution in [2.45, 2.75) is 13.0 Å². The third kappa shape index (κ3) is 3.67. The summed E-state index contributed by atoms with van der Waals surface area (Å²) in [5.41, 5.74) is 5.99. The molecule has 1 aliphatic heterocycles. The Bertz CT molecular complexity index is 1580. The van der Waals surface area contributed by atoms with Gasteiger partial charge < -0.3 is 4.90 Å². The van der Waals surface area contributed by atoms with E-state index >= 15 is 0 Å². The van der Waals surface area contributed by atoms with Crippen LogP contribution in [0.1, 0.15) is 21.5 Å². The van der Waals surface area contributed by atoms with Crippen LogP contribution < -0.4 is 0 Å². The number of fused-ring (bicyclic) bond motifs is 5. The average molecular weight is 528 g/mol. The summed E-state index contributed by atoms with van der Waals surface area (Å²) in [4.78, 5) is 20.4. The maximum Gasteiger partial charge on any atom is 0.254 e. The first-order chi connectivity index (χ1) is 16.6. The molecule has 34 heavy (non-hydrogen) atoms. The van der Waals surface area contributed by atoms with Gasteiger partial charge >= 0.3 is 0 Å². The fraction of sp³-hybridized carbons (Fsp3) is 0.103. The van der Waals surface area contributed by atoms with Crippen LogP contribution in [0.5, 0.6) is 0 Å². The molecular weight excluding hydrogens is 508 g/mol. The lowest BCUT2D eigenvalue weighted by Gasteiger charge is -2.31. The summed E-state index contributed by atoms with van der Waals surface area (Å²) >= 11 is 9.70. The number of amides is 1. The second kappa shape index (κ2) is 8.53. The Kier molecular flexibility index (Phi) is 5.35. The number of rotatable bonds is 2. The number of carbonyl (C=O) groups is 1. The molecule has 0 N–H and O–H groups in total. The zero-order valence-electron chi connectivity index (χ0n) is 18.3. The van der Waals surface area contributed by atoms with Gasteiger partial charge in [-0.15, -0.1) is 0 Å². The van der Waals surface area contributed by atoms with Crippen LogP contribution in [-0.4, -0.2) is 22.3 Å². The number of benzene rings is 4. The number of halogens is 2. The van der Waals surface area contributed by atoms with Gasteiger partial charge in [0.05, 0.1) is 11.2 Å². The van der Waals surface area contributed by atoms with Gasteiger partial charge in [-0.25, -0.2) is 4.98 Å². The van der Waals surface area contributed by atoms with E-state index in [4.69, 9.17) is 16.6 Å². The molecule has 6 rings (SSSR count). The number of hydrogen-bond acceptors (Lipinski definition) is 2. The molecule has 0 radical (unpaired) electrons. The lowest BCUT2D eigenvalue weighted by atomic mass is 9.89. The molecule has 0 saturated carbocycles. The van der Waals surface area contributed by atoms with Gasteiger partial charge in [0.2, 0.25) is 0 Å². The Morgan fingerprint density at radius 1 is 0.912 bits per heavy atom. The third-order valence-corrected chi connectivity index (χ3v) is 7.31. The molecule has 0 atom stereocenters. The predicted octanol–water partition coefficient (Wildman–Crippen LogP) is 7.67. The molecule has 3 nitrogen and oxygen atoms in total. The standard InChI is InChI=1S/C29H20BrClN2O/c30-21-11-8-19(9-12-21)28-25-17-33(29(34)20-5-3-6-22(31)16-20)15-14-24(25)27-23-7-2-1-4-18(23)10-13-26(27)32-28/h1-13,16H,14-15,17H2. The van der Waals surface area contributed by atoms with Gasteiger partial charge in [-0.1, -0.05) is 76.1 Å². The molecule has 0 fully saturated rings. The molecule has 0 saturated heterocycles. The zero-order chi connectivity index (χ0) is 23.2. The van der Waals surface area contributed by atoms with Crippen LogP contribution in [0.3, 0.4) is 0 Å². The molecule has 0 unspecified atom stereocenters. The van der Waals surface area contributed by atoms with E-state index in [0.717, 1.165) is 33.2 Å². The maximum absolute atomic E-state index is 13.4. The smallest absolute Gasteiger partial charge is 0.254 e. The van der Waals surface area contributed by atoms with E-state index in [2.05, 4.69) is 64.5 Å². The Labute approximate surface area is 211 Å². The van der Waals surface area contributed by atoms with Crippen LogP contribution in [0, 0.1) is 0 Å². The summed E-state index contributed by atoms with van der Waals surface area (Å²) in [5.74, 6) is -0.00655. The van der Waals surface area contributed by atoms with E-state index < -0.39 is 0 Å². The SMILES string of the molecule is O=C(c1cccc(Cl)c1)N1CCc2c(c(-c3ccc(Br)cc3)nc3ccc4ccccc4c23)C1. The van der Waals surface area contributed by atoms with Crippen LogP contribution in [0.15, 0.2) is 89.4 Å². The Morgan fingerprint density at radius 3 is 2.56 bits per heavy atom. The van der Waals surface area contributed by atoms with Crippen molar-refractivity contribution >= 4 is 55.1 Å². The molecule has 0 bridgehead atoms. The van der Waals surface area contributed by atoms with E-state index in [9.17, 15) is 4.79 Å². The highest BCUT2D eigenvalue weighted by molar-refractivity contribution is 9.10. The van der Waals surface area contributed by atoms with Gasteiger partial charge in [0.25, 0.3) is 5.91 Å². The molecule has 5 heteroatoms. The van der Waals surface area contributed by atoms with Crippen molar-refractivity contribution in [2.75, 3.05) is 6.54 Å². The fourth-order valence-corrected chi connectivity index (χ4v) is 5.39. The number of nitrogens with zero attached hydrogens (tertiary/aromatic N) is 2. The zero-order valence-corrected chi connectivity index (χ0v) is 20.6. The molecule has 5 aromatic rings. The normalized spacial score (nSPS) is 13.3. The van der Waals surface area contributed by atoms with Gasteiger partial charge in [0, 0.05) is 44.7 Å². The summed E-state index contributed by atoms with van der Waals surface area (Å²) in [5, 5.41) is 4.18. The minimum atomic E-state index is -0.00655. The predicted molar refractivity (Wildman–Crippen MR) is 142 cm³/mol. The second-order valence-corrected chi connectivity index (χ2v) is 9.94. The Hall–Kier alpha value is -3.21. The van der Waals surface area contributed by atoms with Crippen LogP contribution in [0.4, 0.5) is 0 Å². The Morgan fingerprint density at radius 2 is 1.74 bits per heavy atom. The van der Waals surface area contributed by atoms with Crippen molar-refractivity contribution in [3.63, 3.8) is 0 Å². The van der Waals surface area contributed by atoms with E-state index in [1.807, 2.05) is 29.2 Å². The first kappa shape index (κ1) is 21.3. The van der Waals surface area contributed by atoms with E-state index in [1.165, 1.54) is 21.7 Å². The summed E-state index contributed by atoms with van der Waals surface area (Å²) in [6, 6.07) is 28.1. The highest BCUT2D eigenvalue weighted by atomic mass is 79.9. The Balaban J connectivity index is 1.55. The van der Waals surface area contributed by atoms with Gasteiger partial charge in [-0.3, -0.25) is 4.79 Å². The summed E-state index contributed by atoms with van der Waals surface area (Å²) in [6.07, 6.45) is 0.776. The van der Waals surface area contributed by atoms with E-state index in [1.54, 1.807) is 12.1 Å². The lowest BCUT2D eigenvalue weighted by Crippen LogP contribution is -2.36. The van der Waals surface area contributed by atoms with Crippen LogP contribution in [-0.2, 0) is 13.0 Å². The van der Waals surface area contributed by atoms with Crippen molar-refractivity contribution in [1.82, 2.24) is 9.88 Å². The molecule has 2 heterocycles. The summed E-state index contributed by atoms with van der Waals surface area (Å²) in [7, 11) is 0. The first-order valence-corrected chi connectivity index (χ1v) is 12.4. The highest BCUT2D eigenvalue weighted by Crippen LogP contribution is 2.38. The number of aromatic nitrogens is 1. The first-order valence-electron chi connectivity index (χ1n) is 11.2. The molecule has 1 aliphatic rings. The monoisotopic (exact) mass is 526 g/mol. The lowest BCUT2D eigenvalue weighted by molar-refractivity contribution is 0.0735. The minimum Gasteiger partial charge on any atom is -0.334 e. The van der Waals surface area contributed by atoms with Gasteiger partial charge in [0.15, 0.2) is 0 Å². The molecular formula is C29H20BrClN2O. The van der Waals surface area contributed by atoms with Crippen LogP contribution in [0.25, 0.3) is 32.9 Å². The number of carbonyl (C=O) groups excluding carboxylic acids is 1. The fourth-order valence-electron chi connectivity index (χ4n) is 4.94. The average Bonchev–Trinajstić information content (AvgIpc) is 2.87. The summed E-state index contributed by atoms with van der Waals surface area (Å²) < 4.78 is 1.02. The minimum absolute atomic E-state index is 0.00655. The third-order valence-electron chi connectivity index (χ3n) is 6.55. The number of hydrogen-bond donors (Lipinski definition) is 0. The van der Waals surface area contributed by atoms with Crippen molar-refractivity contribution in [3.8, 4) is 11.3 Å². The van der Waals surface area contributed by atoms with E-state index in [-0.39, 0.29) is 5.91 Å². The maximum atomic E-state index is 13.4. The molecule has 4 aromatic carbocycles. The highest BCUT2D eigenvalue weighted by Gasteiger charge is 2.27. The van der Waals surface area contributed by atoms with Crippen LogP contribution >= 0.6 is 27.5 Å². The quantitative estimate of drug-likeness (QED) is 0.221. The van der Waals surface area contributed by atoms with E-state index in [0.29, 0.717) is 23.7 Å². The largest absolute Gasteiger partial charge is 0.334 e. The molecule has 0 spiro atoms. The second-order valence-electron chi connectivity index (χ2n) is 8.59. The summed E-state index contributed by atoms with van der Waals surface area (Å²) in [6.45, 7) is 1.17. The molecule has 1 amide bonds.